The third-order valence-electron chi connectivity index (χ3n) is 4.79. The lowest BCUT2D eigenvalue weighted by molar-refractivity contribution is -0.145. The van der Waals surface area contributed by atoms with Gasteiger partial charge in [-0.05, 0) is 48.6 Å². The average molecular weight is 416 g/mol. The number of rotatable bonds is 4. The molecular formula is C23H20N4O4. The number of nitrogens with one attached hydrogen (secondary N) is 1. The van der Waals surface area contributed by atoms with Crippen LogP contribution in [0.15, 0.2) is 60.8 Å². The number of fused-ring (bicyclic) bond motifs is 1. The van der Waals surface area contributed by atoms with Crippen LogP contribution in [0.25, 0.3) is 17.1 Å². The number of amides is 2. The number of aromatic nitrogens is 2. The molecule has 1 fully saturated rings. The van der Waals surface area contributed by atoms with E-state index in [4.69, 9.17) is 4.74 Å². The summed E-state index contributed by atoms with van der Waals surface area (Å²) in [5.74, 6) is -1.52. The molecule has 0 bridgehead atoms. The minimum absolute atomic E-state index is 0.211. The van der Waals surface area contributed by atoms with Gasteiger partial charge in [-0.2, -0.15) is 0 Å². The SMILES string of the molecule is O=C(Nc1ccc(C(=O)C=Cc2cnc3ccccc3n2)cc1)C(=O)N1CCOCC1. The van der Waals surface area contributed by atoms with Crippen LogP contribution in [0, 0.1) is 0 Å². The molecule has 31 heavy (non-hydrogen) atoms. The van der Waals surface area contributed by atoms with Crippen LogP contribution in [0.2, 0.25) is 0 Å². The van der Waals surface area contributed by atoms with Crippen molar-refractivity contribution in [3.05, 3.63) is 72.1 Å². The number of hydrogen-bond donors (Lipinski definition) is 1. The Hall–Kier alpha value is -3.91. The summed E-state index contributed by atoms with van der Waals surface area (Å²) in [5, 5.41) is 2.56. The average Bonchev–Trinajstić information content (AvgIpc) is 2.83. The van der Waals surface area contributed by atoms with E-state index in [-0.39, 0.29) is 5.78 Å². The molecule has 2 aromatic carbocycles. The lowest BCUT2D eigenvalue weighted by atomic mass is 10.1. The van der Waals surface area contributed by atoms with E-state index in [2.05, 4.69) is 15.3 Å². The molecule has 0 saturated carbocycles. The molecule has 4 rings (SSSR count). The van der Waals surface area contributed by atoms with Crippen molar-refractivity contribution >= 4 is 40.4 Å². The van der Waals surface area contributed by atoms with Crippen molar-refractivity contribution in [3.8, 4) is 0 Å². The maximum absolute atomic E-state index is 12.4. The molecule has 1 N–H and O–H groups in total. The van der Waals surface area contributed by atoms with Crippen molar-refractivity contribution in [2.75, 3.05) is 31.6 Å². The molecule has 0 radical (unpaired) electrons. The largest absolute Gasteiger partial charge is 0.378 e. The third kappa shape index (κ3) is 4.99. The minimum atomic E-state index is -0.712. The smallest absolute Gasteiger partial charge is 0.313 e. The molecule has 8 nitrogen and oxygen atoms in total. The van der Waals surface area contributed by atoms with E-state index >= 15 is 0 Å². The fourth-order valence-electron chi connectivity index (χ4n) is 3.12. The molecule has 3 aromatic rings. The lowest BCUT2D eigenvalue weighted by Gasteiger charge is -2.26. The van der Waals surface area contributed by atoms with Gasteiger partial charge in [-0.15, -0.1) is 0 Å². The van der Waals surface area contributed by atoms with Crippen molar-refractivity contribution in [1.82, 2.24) is 14.9 Å². The number of ketones is 1. The maximum Gasteiger partial charge on any atom is 0.313 e. The van der Waals surface area contributed by atoms with E-state index in [0.29, 0.717) is 43.2 Å². The Kier molecular flexibility index (Phi) is 6.09. The number of nitrogens with zero attached hydrogens (tertiary/aromatic N) is 3. The Bertz CT molecular complexity index is 1150. The van der Waals surface area contributed by atoms with Crippen LogP contribution in [0.5, 0.6) is 0 Å². The van der Waals surface area contributed by atoms with Crippen LogP contribution in [0.3, 0.4) is 0 Å². The first-order chi connectivity index (χ1) is 15.1. The number of ether oxygens (including phenoxy) is 1. The van der Waals surface area contributed by atoms with Crippen molar-refractivity contribution in [2.45, 2.75) is 0 Å². The predicted octanol–water partition coefficient (Wildman–Crippen LogP) is 2.32. The maximum atomic E-state index is 12.4. The van der Waals surface area contributed by atoms with Gasteiger partial charge in [0, 0.05) is 24.3 Å². The molecule has 156 valence electrons. The summed E-state index contributed by atoms with van der Waals surface area (Å²) in [4.78, 5) is 47.0. The molecule has 1 aliphatic heterocycles. The van der Waals surface area contributed by atoms with E-state index in [1.165, 1.54) is 11.0 Å². The number of allylic oxidation sites excluding steroid dienone is 1. The minimum Gasteiger partial charge on any atom is -0.378 e. The van der Waals surface area contributed by atoms with Gasteiger partial charge in [-0.25, -0.2) is 4.98 Å². The molecule has 0 aliphatic carbocycles. The van der Waals surface area contributed by atoms with E-state index in [0.717, 1.165) is 11.0 Å². The number of benzene rings is 2. The molecule has 1 saturated heterocycles. The van der Waals surface area contributed by atoms with Crippen molar-refractivity contribution in [1.29, 1.82) is 0 Å². The van der Waals surface area contributed by atoms with Crippen molar-refractivity contribution in [2.24, 2.45) is 0 Å². The summed E-state index contributed by atoms with van der Waals surface area (Å²) < 4.78 is 5.18. The number of morpholine rings is 1. The van der Waals surface area contributed by atoms with Crippen LogP contribution < -0.4 is 5.32 Å². The Labute approximate surface area is 178 Å². The molecule has 2 amide bonds. The molecular weight excluding hydrogens is 396 g/mol. The van der Waals surface area contributed by atoms with Gasteiger partial charge in [0.05, 0.1) is 36.1 Å². The summed E-state index contributed by atoms with van der Waals surface area (Å²) in [5.41, 5.74) is 3.01. The van der Waals surface area contributed by atoms with Gasteiger partial charge in [0.1, 0.15) is 0 Å². The van der Waals surface area contributed by atoms with Crippen LogP contribution in [0.4, 0.5) is 5.69 Å². The van der Waals surface area contributed by atoms with Gasteiger partial charge in [0.2, 0.25) is 0 Å². The second-order valence-electron chi connectivity index (χ2n) is 6.92. The van der Waals surface area contributed by atoms with Gasteiger partial charge >= 0.3 is 11.8 Å². The normalized spacial score (nSPS) is 14.0. The quantitative estimate of drug-likeness (QED) is 0.398. The molecule has 0 atom stereocenters. The number of anilines is 1. The second kappa shape index (κ2) is 9.27. The lowest BCUT2D eigenvalue weighted by Crippen LogP contribution is -2.45. The zero-order chi connectivity index (χ0) is 21.6. The summed E-state index contributed by atoms with van der Waals surface area (Å²) >= 11 is 0. The highest BCUT2D eigenvalue weighted by Crippen LogP contribution is 2.13. The first-order valence-corrected chi connectivity index (χ1v) is 9.82. The van der Waals surface area contributed by atoms with Crippen molar-refractivity contribution in [3.63, 3.8) is 0 Å². The molecule has 8 heteroatoms. The first kappa shape index (κ1) is 20.4. The Morgan fingerprint density at radius 2 is 1.68 bits per heavy atom. The van der Waals surface area contributed by atoms with E-state index in [1.54, 1.807) is 36.5 Å². The fourth-order valence-corrected chi connectivity index (χ4v) is 3.12. The van der Waals surface area contributed by atoms with Gasteiger partial charge in [0.25, 0.3) is 0 Å². The first-order valence-electron chi connectivity index (χ1n) is 9.82. The Morgan fingerprint density at radius 3 is 2.42 bits per heavy atom. The Balaban J connectivity index is 1.37. The van der Waals surface area contributed by atoms with Crippen LogP contribution >= 0.6 is 0 Å². The topological polar surface area (TPSA) is 101 Å². The summed E-state index contributed by atoms with van der Waals surface area (Å²) in [7, 11) is 0. The van der Waals surface area contributed by atoms with Gasteiger partial charge < -0.3 is 15.0 Å². The summed E-state index contributed by atoms with van der Waals surface area (Å²) in [6, 6.07) is 13.9. The van der Waals surface area contributed by atoms with Crippen LogP contribution in [0.1, 0.15) is 16.1 Å². The number of carbonyl (C=O) groups excluding carboxylic acids is 3. The molecule has 1 aliphatic rings. The number of hydrogen-bond acceptors (Lipinski definition) is 6. The number of para-hydroxylation sites is 2. The molecule has 1 aromatic heterocycles. The Morgan fingerprint density at radius 1 is 0.968 bits per heavy atom. The zero-order valence-corrected chi connectivity index (χ0v) is 16.7. The molecule has 2 heterocycles. The highest BCUT2D eigenvalue weighted by Gasteiger charge is 2.23. The van der Waals surface area contributed by atoms with Gasteiger partial charge in [0.15, 0.2) is 5.78 Å². The summed E-state index contributed by atoms with van der Waals surface area (Å²) in [6.07, 6.45) is 4.64. The standard InChI is InChI=1S/C23H20N4O4/c28-21(10-9-18-15-24-19-3-1-2-4-20(19)25-18)16-5-7-17(8-6-16)26-22(29)23(30)27-11-13-31-14-12-27/h1-10,15H,11-14H2,(H,26,29). The van der Waals surface area contributed by atoms with Crippen LogP contribution in [-0.2, 0) is 14.3 Å². The predicted molar refractivity (Wildman–Crippen MR) is 115 cm³/mol. The number of carbonyl (C=O) groups is 3. The monoisotopic (exact) mass is 416 g/mol. The molecule has 0 spiro atoms. The van der Waals surface area contributed by atoms with Gasteiger partial charge in [-0.1, -0.05) is 12.1 Å². The van der Waals surface area contributed by atoms with E-state index < -0.39 is 11.8 Å². The zero-order valence-electron chi connectivity index (χ0n) is 16.7. The van der Waals surface area contributed by atoms with Gasteiger partial charge in [-0.3, -0.25) is 19.4 Å². The fraction of sp³-hybridized carbons (Fsp3) is 0.174. The van der Waals surface area contributed by atoms with E-state index in [1.807, 2.05) is 24.3 Å². The summed E-state index contributed by atoms with van der Waals surface area (Å²) in [6.45, 7) is 1.64. The highest BCUT2D eigenvalue weighted by molar-refractivity contribution is 6.39. The third-order valence-corrected chi connectivity index (χ3v) is 4.79. The second-order valence-corrected chi connectivity index (χ2v) is 6.92. The van der Waals surface area contributed by atoms with E-state index in [9.17, 15) is 14.4 Å². The highest BCUT2D eigenvalue weighted by atomic mass is 16.5. The van der Waals surface area contributed by atoms with Crippen LogP contribution in [-0.4, -0.2) is 58.8 Å². The molecule has 0 unspecified atom stereocenters. The van der Waals surface area contributed by atoms with Crippen molar-refractivity contribution < 1.29 is 19.1 Å².